The Morgan fingerprint density at radius 3 is 1.54 bits per heavy atom. The van der Waals surface area contributed by atoms with Crippen molar-refractivity contribution < 1.29 is 48.0 Å². The van der Waals surface area contributed by atoms with E-state index in [0.717, 1.165) is 27.7 Å². The molecule has 0 aliphatic rings. The summed E-state index contributed by atoms with van der Waals surface area (Å²) in [5.41, 5.74) is 0.437. The Morgan fingerprint density at radius 2 is 1.18 bits per heavy atom. The monoisotopic (exact) mass is 402 g/mol. The van der Waals surface area contributed by atoms with Gasteiger partial charge in [0.2, 0.25) is 6.10 Å². The van der Waals surface area contributed by atoms with Crippen molar-refractivity contribution in [3.05, 3.63) is 12.2 Å². The molecule has 0 radical (unpaired) electrons. The van der Waals surface area contributed by atoms with Crippen molar-refractivity contribution in [2.45, 2.75) is 65.5 Å². The third-order valence-electron chi connectivity index (χ3n) is 3.18. The first kappa shape index (κ1) is 25.2. The molecule has 4 atom stereocenters. The van der Waals surface area contributed by atoms with E-state index in [0.29, 0.717) is 5.57 Å². The first-order chi connectivity index (χ1) is 12.9. The number of allylic oxidation sites excluding steroid dienone is 1. The summed E-state index contributed by atoms with van der Waals surface area (Å²) >= 11 is 0. The van der Waals surface area contributed by atoms with Crippen LogP contribution >= 0.6 is 0 Å². The standard InChI is InChI=1S/C18H26O10/c1-9(2)7-14(24)16(26-11(4)21)18(28-13(6)23)17(27-12(5)22)15(8-19)25-10(3)20/h15-19H,1,7-8H2,2-6H3/t15-,16+,17+,18-/m1/s1. The first-order valence-electron chi connectivity index (χ1n) is 8.35. The number of hydrogen-bond donors (Lipinski definition) is 1. The fourth-order valence-corrected chi connectivity index (χ4v) is 2.35. The van der Waals surface area contributed by atoms with Crippen molar-refractivity contribution >= 4 is 29.7 Å². The highest BCUT2D eigenvalue weighted by Gasteiger charge is 2.45. The van der Waals surface area contributed by atoms with Gasteiger partial charge in [-0.15, -0.1) is 0 Å². The number of ketones is 1. The van der Waals surface area contributed by atoms with Crippen molar-refractivity contribution in [1.29, 1.82) is 0 Å². The molecule has 0 saturated heterocycles. The molecule has 0 unspecified atom stereocenters. The molecule has 0 rings (SSSR count). The zero-order valence-corrected chi connectivity index (χ0v) is 16.6. The van der Waals surface area contributed by atoms with Gasteiger partial charge in [0.05, 0.1) is 6.61 Å². The molecule has 28 heavy (non-hydrogen) atoms. The lowest BCUT2D eigenvalue weighted by atomic mass is 9.96. The largest absolute Gasteiger partial charge is 0.456 e. The predicted molar refractivity (Wildman–Crippen MR) is 93.7 cm³/mol. The van der Waals surface area contributed by atoms with Crippen LogP contribution in [-0.2, 0) is 42.9 Å². The Kier molecular flexibility index (Phi) is 10.7. The molecule has 0 amide bonds. The Balaban J connectivity index is 6.23. The number of hydrogen-bond acceptors (Lipinski definition) is 10. The molecule has 0 bridgehead atoms. The molecule has 158 valence electrons. The summed E-state index contributed by atoms with van der Waals surface area (Å²) in [6, 6.07) is 0. The summed E-state index contributed by atoms with van der Waals surface area (Å²) in [6.45, 7) is 8.45. The van der Waals surface area contributed by atoms with Gasteiger partial charge in [-0.05, 0) is 6.92 Å². The highest BCUT2D eigenvalue weighted by atomic mass is 16.6. The van der Waals surface area contributed by atoms with Gasteiger partial charge in [0, 0.05) is 34.1 Å². The zero-order valence-electron chi connectivity index (χ0n) is 16.6. The van der Waals surface area contributed by atoms with Gasteiger partial charge >= 0.3 is 23.9 Å². The van der Waals surface area contributed by atoms with Gasteiger partial charge in [-0.25, -0.2) is 0 Å². The highest BCUT2D eigenvalue weighted by molar-refractivity contribution is 5.88. The van der Waals surface area contributed by atoms with Gasteiger partial charge < -0.3 is 24.1 Å². The van der Waals surface area contributed by atoms with Crippen LogP contribution in [0.3, 0.4) is 0 Å². The van der Waals surface area contributed by atoms with E-state index in [2.05, 4.69) is 6.58 Å². The Labute approximate surface area is 162 Å². The van der Waals surface area contributed by atoms with Gasteiger partial charge in [-0.3, -0.25) is 24.0 Å². The van der Waals surface area contributed by atoms with Gasteiger partial charge in [-0.2, -0.15) is 0 Å². The van der Waals surface area contributed by atoms with E-state index in [1.165, 1.54) is 0 Å². The lowest BCUT2D eigenvalue weighted by molar-refractivity contribution is -0.201. The number of Topliss-reactive ketones (excluding diaryl/α,β-unsaturated/α-hetero) is 1. The maximum atomic E-state index is 12.6. The third-order valence-corrected chi connectivity index (χ3v) is 3.18. The number of ether oxygens (including phenoxy) is 4. The molecule has 0 aliphatic carbocycles. The van der Waals surface area contributed by atoms with Crippen LogP contribution in [0.15, 0.2) is 12.2 Å². The quantitative estimate of drug-likeness (QED) is 0.290. The fourth-order valence-electron chi connectivity index (χ4n) is 2.35. The molecule has 10 nitrogen and oxygen atoms in total. The maximum Gasteiger partial charge on any atom is 0.303 e. The average molecular weight is 402 g/mol. The number of aliphatic hydroxyl groups is 1. The van der Waals surface area contributed by atoms with Gasteiger partial charge in [-0.1, -0.05) is 12.2 Å². The van der Waals surface area contributed by atoms with E-state index >= 15 is 0 Å². The average Bonchev–Trinajstić information content (AvgIpc) is 2.52. The second-order valence-corrected chi connectivity index (χ2v) is 6.11. The maximum absolute atomic E-state index is 12.6. The van der Waals surface area contributed by atoms with Crippen LogP contribution in [0, 0.1) is 0 Å². The number of carbonyl (C=O) groups excluding carboxylic acids is 5. The summed E-state index contributed by atoms with van der Waals surface area (Å²) < 4.78 is 20.1. The van der Waals surface area contributed by atoms with Crippen LogP contribution in [0.5, 0.6) is 0 Å². The summed E-state index contributed by atoms with van der Waals surface area (Å²) in [5.74, 6) is -4.14. The van der Waals surface area contributed by atoms with E-state index in [-0.39, 0.29) is 6.42 Å². The minimum Gasteiger partial charge on any atom is -0.456 e. The SMILES string of the molecule is C=C(C)CC(=O)[C@H](OC(C)=O)[C@@H](OC(C)=O)[C@@H](OC(C)=O)[C@@H](CO)OC(C)=O. The van der Waals surface area contributed by atoms with Crippen LogP contribution in [0.1, 0.15) is 41.0 Å². The summed E-state index contributed by atoms with van der Waals surface area (Å²) in [4.78, 5) is 58.6. The Bertz CT molecular complexity index is 624. The van der Waals surface area contributed by atoms with Crippen LogP contribution in [0.2, 0.25) is 0 Å². The summed E-state index contributed by atoms with van der Waals surface area (Å²) in [5, 5.41) is 9.57. The molecular formula is C18H26O10. The van der Waals surface area contributed by atoms with Crippen molar-refractivity contribution in [1.82, 2.24) is 0 Å². The molecule has 0 aromatic rings. The second kappa shape index (κ2) is 11.9. The lowest BCUT2D eigenvalue weighted by Gasteiger charge is -2.34. The van der Waals surface area contributed by atoms with Gasteiger partial charge in [0.15, 0.2) is 24.1 Å². The van der Waals surface area contributed by atoms with Crippen LogP contribution in [-0.4, -0.2) is 65.8 Å². The van der Waals surface area contributed by atoms with Crippen molar-refractivity contribution in [3.63, 3.8) is 0 Å². The molecule has 0 spiro atoms. The molecule has 0 aromatic carbocycles. The van der Waals surface area contributed by atoms with Gasteiger partial charge in [0.1, 0.15) is 0 Å². The van der Waals surface area contributed by atoms with Crippen molar-refractivity contribution in [2.24, 2.45) is 0 Å². The predicted octanol–water partition coefficient (Wildman–Crippen LogP) is 0.241. The molecule has 0 heterocycles. The molecule has 0 aromatic heterocycles. The van der Waals surface area contributed by atoms with Gasteiger partial charge in [0.25, 0.3) is 0 Å². The molecule has 10 heteroatoms. The van der Waals surface area contributed by atoms with Crippen LogP contribution < -0.4 is 0 Å². The molecule has 0 saturated carbocycles. The molecular weight excluding hydrogens is 376 g/mol. The van der Waals surface area contributed by atoms with E-state index in [1.807, 2.05) is 0 Å². The van der Waals surface area contributed by atoms with E-state index in [1.54, 1.807) is 6.92 Å². The summed E-state index contributed by atoms with van der Waals surface area (Å²) in [7, 11) is 0. The number of aliphatic hydroxyl groups excluding tert-OH is 1. The normalized spacial score (nSPS) is 14.6. The smallest absolute Gasteiger partial charge is 0.303 e. The van der Waals surface area contributed by atoms with E-state index in [9.17, 15) is 29.1 Å². The third kappa shape index (κ3) is 9.26. The first-order valence-corrected chi connectivity index (χ1v) is 8.35. The topological polar surface area (TPSA) is 143 Å². The summed E-state index contributed by atoms with van der Waals surface area (Å²) in [6.07, 6.45) is -6.68. The lowest BCUT2D eigenvalue weighted by Crippen LogP contribution is -2.54. The van der Waals surface area contributed by atoms with Crippen molar-refractivity contribution in [3.8, 4) is 0 Å². The van der Waals surface area contributed by atoms with E-state index < -0.39 is 60.7 Å². The van der Waals surface area contributed by atoms with E-state index in [4.69, 9.17) is 18.9 Å². The Hall–Kier alpha value is -2.75. The number of carbonyl (C=O) groups is 5. The van der Waals surface area contributed by atoms with Crippen LogP contribution in [0.25, 0.3) is 0 Å². The zero-order chi connectivity index (χ0) is 22.0. The Morgan fingerprint density at radius 1 is 0.750 bits per heavy atom. The number of rotatable bonds is 11. The van der Waals surface area contributed by atoms with Crippen LogP contribution in [0.4, 0.5) is 0 Å². The highest BCUT2D eigenvalue weighted by Crippen LogP contribution is 2.21. The molecule has 1 N–H and O–H groups in total. The number of esters is 4. The fraction of sp³-hybridized carbons (Fsp3) is 0.611. The molecule has 0 aliphatic heterocycles. The second-order valence-electron chi connectivity index (χ2n) is 6.11. The van der Waals surface area contributed by atoms with Crippen molar-refractivity contribution in [2.75, 3.05) is 6.61 Å². The minimum atomic E-state index is -1.69. The molecule has 0 fully saturated rings. The minimum absolute atomic E-state index is 0.222.